The number of fused-ring (bicyclic) bond motifs is 1. The van der Waals surface area contributed by atoms with E-state index < -0.39 is 15.7 Å². The van der Waals surface area contributed by atoms with Crippen molar-refractivity contribution in [1.29, 1.82) is 0 Å². The zero-order valence-corrected chi connectivity index (χ0v) is 21.2. The summed E-state index contributed by atoms with van der Waals surface area (Å²) in [5.74, 6) is 0.00197. The van der Waals surface area contributed by atoms with Crippen molar-refractivity contribution in [2.75, 3.05) is 50.6 Å². The Kier molecular flexibility index (Phi) is 6.78. The summed E-state index contributed by atoms with van der Waals surface area (Å²) < 4.78 is 56.8. The predicted octanol–water partition coefficient (Wildman–Crippen LogP) is 2.87. The molecule has 36 heavy (non-hydrogen) atoms. The van der Waals surface area contributed by atoms with Crippen molar-refractivity contribution in [3.63, 3.8) is 0 Å². The van der Waals surface area contributed by atoms with E-state index in [4.69, 9.17) is 14.2 Å². The van der Waals surface area contributed by atoms with Gasteiger partial charge >= 0.3 is 0 Å². The summed E-state index contributed by atoms with van der Waals surface area (Å²) >= 11 is 0. The van der Waals surface area contributed by atoms with Crippen molar-refractivity contribution < 1.29 is 31.8 Å². The van der Waals surface area contributed by atoms with Crippen molar-refractivity contribution in [2.45, 2.75) is 37.3 Å². The Morgan fingerprint density at radius 1 is 1.17 bits per heavy atom. The summed E-state index contributed by atoms with van der Waals surface area (Å²) in [5.41, 5.74) is 1.27. The first-order chi connectivity index (χ1) is 17.2. The van der Waals surface area contributed by atoms with Crippen LogP contribution in [0.2, 0.25) is 0 Å². The minimum atomic E-state index is -3.47. The van der Waals surface area contributed by atoms with E-state index in [0.717, 1.165) is 19.1 Å². The Hall–Kier alpha value is -2.92. The summed E-state index contributed by atoms with van der Waals surface area (Å²) in [6.45, 7) is 4.58. The molecule has 3 aliphatic heterocycles. The molecule has 0 unspecified atom stereocenters. The molecule has 0 spiro atoms. The molecule has 9 nitrogen and oxygen atoms in total. The molecule has 1 aromatic heterocycles. The third kappa shape index (κ3) is 4.86. The van der Waals surface area contributed by atoms with Gasteiger partial charge in [0.05, 0.1) is 25.0 Å². The number of likely N-dealkylation sites (tertiary alicyclic amines) is 1. The third-order valence-electron chi connectivity index (χ3n) is 6.89. The minimum absolute atomic E-state index is 0.00150. The van der Waals surface area contributed by atoms with Gasteiger partial charge in [-0.25, -0.2) is 17.8 Å². The van der Waals surface area contributed by atoms with Crippen LogP contribution in [-0.4, -0.2) is 76.0 Å². The van der Waals surface area contributed by atoms with Crippen LogP contribution in [0, 0.1) is 18.7 Å². The van der Waals surface area contributed by atoms with Crippen molar-refractivity contribution in [3.8, 4) is 11.5 Å². The number of aromatic nitrogens is 1. The molecular weight excluding hydrogens is 489 g/mol. The maximum Gasteiger partial charge on any atom is 0.225 e. The summed E-state index contributed by atoms with van der Waals surface area (Å²) in [6, 6.07) is 4.91. The van der Waals surface area contributed by atoms with Crippen LogP contribution in [0.4, 0.5) is 15.8 Å². The summed E-state index contributed by atoms with van der Waals surface area (Å²) in [5, 5.41) is -0.00150. The second-order valence-corrected chi connectivity index (χ2v) is 11.4. The fourth-order valence-electron chi connectivity index (χ4n) is 5.09. The summed E-state index contributed by atoms with van der Waals surface area (Å²) in [4.78, 5) is 20.5. The summed E-state index contributed by atoms with van der Waals surface area (Å²) in [7, 11) is -3.47. The van der Waals surface area contributed by atoms with Crippen molar-refractivity contribution in [2.24, 2.45) is 5.92 Å². The summed E-state index contributed by atoms with van der Waals surface area (Å²) in [6.07, 6.45) is 4.32. The molecule has 1 amide bonds. The molecule has 2 saturated heterocycles. The van der Waals surface area contributed by atoms with E-state index >= 15 is 4.39 Å². The van der Waals surface area contributed by atoms with Gasteiger partial charge in [0.15, 0.2) is 26.4 Å². The van der Waals surface area contributed by atoms with Crippen LogP contribution < -0.4 is 14.4 Å². The molecule has 1 atom stereocenters. The first-order valence-electron chi connectivity index (χ1n) is 12.1. The van der Waals surface area contributed by atoms with Gasteiger partial charge < -0.3 is 24.0 Å². The Labute approximate surface area is 210 Å². The predicted molar refractivity (Wildman–Crippen MR) is 130 cm³/mol. The lowest BCUT2D eigenvalue weighted by molar-refractivity contribution is -0.137. The molecule has 2 fully saturated rings. The number of carbonyl (C=O) groups is 1. The van der Waals surface area contributed by atoms with E-state index in [0.29, 0.717) is 62.9 Å². The Balaban J connectivity index is 1.35. The van der Waals surface area contributed by atoms with E-state index in [1.807, 2.05) is 4.90 Å². The van der Waals surface area contributed by atoms with Gasteiger partial charge in [0, 0.05) is 38.4 Å². The molecule has 2 aromatic rings. The molecule has 194 valence electrons. The van der Waals surface area contributed by atoms with Crippen LogP contribution in [0.1, 0.15) is 24.8 Å². The van der Waals surface area contributed by atoms with Crippen LogP contribution in [0.15, 0.2) is 29.4 Å². The molecular formula is C25H30FN3O6S. The second kappa shape index (κ2) is 9.85. The lowest BCUT2D eigenvalue weighted by Crippen LogP contribution is -2.38. The lowest BCUT2D eigenvalue weighted by Gasteiger charge is -2.32. The van der Waals surface area contributed by atoms with E-state index in [-0.39, 0.29) is 34.4 Å². The number of pyridine rings is 1. The number of ether oxygens (including phenoxy) is 3. The highest BCUT2D eigenvalue weighted by atomic mass is 32.2. The largest absolute Gasteiger partial charge is 0.489 e. The number of carbonyl (C=O) groups excluding carboxylic acids is 1. The van der Waals surface area contributed by atoms with E-state index in [1.165, 1.54) is 6.20 Å². The van der Waals surface area contributed by atoms with Crippen molar-refractivity contribution in [3.05, 3.63) is 35.8 Å². The number of anilines is 2. The molecule has 5 rings (SSSR count). The highest BCUT2D eigenvalue weighted by molar-refractivity contribution is 7.90. The smallest absolute Gasteiger partial charge is 0.225 e. The molecule has 11 heteroatoms. The average molecular weight is 520 g/mol. The molecule has 1 aromatic carbocycles. The number of benzene rings is 1. The molecule has 0 bridgehead atoms. The average Bonchev–Trinajstić information content (AvgIpc) is 3.33. The SMILES string of the molecule is Cc1cc(N2CCOc3ccc(O[C@H]4CCN(C(=O)C5CCOCC5)C4)c(F)c32)cnc1S(C)(=O)=O. The van der Waals surface area contributed by atoms with Crippen molar-refractivity contribution in [1.82, 2.24) is 9.88 Å². The van der Waals surface area contributed by atoms with Crippen LogP contribution in [0.5, 0.6) is 11.5 Å². The number of sulfone groups is 1. The maximum atomic E-state index is 15.8. The normalized spacial score (nSPS) is 20.7. The Bertz CT molecular complexity index is 1260. The zero-order chi connectivity index (χ0) is 25.4. The molecule has 0 N–H and O–H groups in total. The van der Waals surface area contributed by atoms with Gasteiger partial charge in [-0.1, -0.05) is 0 Å². The molecule has 4 heterocycles. The number of amides is 1. The third-order valence-corrected chi connectivity index (χ3v) is 8.02. The molecule has 0 saturated carbocycles. The van der Waals surface area contributed by atoms with Crippen LogP contribution >= 0.6 is 0 Å². The number of rotatable bonds is 5. The van der Waals surface area contributed by atoms with E-state index in [9.17, 15) is 13.2 Å². The number of halogens is 1. The van der Waals surface area contributed by atoms with E-state index in [1.54, 1.807) is 30.0 Å². The molecule has 0 aliphatic carbocycles. The Morgan fingerprint density at radius 3 is 2.67 bits per heavy atom. The number of nitrogens with zero attached hydrogens (tertiary/aromatic N) is 3. The van der Waals surface area contributed by atoms with Gasteiger partial charge in [-0.15, -0.1) is 0 Å². The maximum absolute atomic E-state index is 15.8. The highest BCUT2D eigenvalue weighted by Crippen LogP contribution is 2.43. The first-order valence-corrected chi connectivity index (χ1v) is 14.0. The fraction of sp³-hybridized carbons (Fsp3) is 0.520. The molecule has 0 radical (unpaired) electrons. The minimum Gasteiger partial charge on any atom is -0.489 e. The lowest BCUT2D eigenvalue weighted by atomic mass is 9.99. The highest BCUT2D eigenvalue weighted by Gasteiger charge is 2.34. The van der Waals surface area contributed by atoms with Gasteiger partial charge in [0.2, 0.25) is 5.91 Å². The molecule has 3 aliphatic rings. The van der Waals surface area contributed by atoms with Gasteiger partial charge in [-0.05, 0) is 43.5 Å². The zero-order valence-electron chi connectivity index (χ0n) is 20.4. The monoisotopic (exact) mass is 519 g/mol. The van der Waals surface area contributed by atoms with Gasteiger partial charge in [0.1, 0.15) is 24.1 Å². The topological polar surface area (TPSA) is 98.3 Å². The number of aryl methyl sites for hydroxylation is 1. The van der Waals surface area contributed by atoms with Crippen molar-refractivity contribution >= 4 is 27.1 Å². The van der Waals surface area contributed by atoms with Crippen LogP contribution in [0.3, 0.4) is 0 Å². The number of hydrogen-bond acceptors (Lipinski definition) is 8. The fourth-order valence-corrected chi connectivity index (χ4v) is 5.98. The Morgan fingerprint density at radius 2 is 1.94 bits per heavy atom. The van der Waals surface area contributed by atoms with Gasteiger partial charge in [-0.2, -0.15) is 0 Å². The number of hydrogen-bond donors (Lipinski definition) is 0. The van der Waals surface area contributed by atoms with E-state index in [2.05, 4.69) is 4.98 Å². The van der Waals surface area contributed by atoms with Gasteiger partial charge in [0.25, 0.3) is 0 Å². The van der Waals surface area contributed by atoms with Crippen LogP contribution in [-0.2, 0) is 19.4 Å². The van der Waals surface area contributed by atoms with Crippen LogP contribution in [0.25, 0.3) is 0 Å². The second-order valence-electron chi connectivity index (χ2n) is 9.51. The van der Waals surface area contributed by atoms with Gasteiger partial charge in [-0.3, -0.25) is 4.79 Å². The standard InChI is InChI=1S/C25H30FN3O6S/c1-16-13-18(14-27-24(16)36(2,31)32)29-9-12-34-21-4-3-20(22(26)23(21)29)35-19-5-8-28(15-19)25(30)17-6-10-33-11-7-17/h3-4,13-14,17,19H,5-12,15H2,1-2H3/t19-/m0/s1. The quantitative estimate of drug-likeness (QED) is 0.595. The first kappa shape index (κ1) is 24.8.